The molecule has 0 saturated carbocycles. The van der Waals surface area contributed by atoms with Gasteiger partial charge >= 0.3 is 0 Å². The maximum atomic E-state index is 12.8. The molecule has 0 saturated heterocycles. The van der Waals surface area contributed by atoms with Crippen molar-refractivity contribution in [1.29, 1.82) is 0 Å². The fourth-order valence-electron chi connectivity index (χ4n) is 3.76. The minimum Gasteiger partial charge on any atom is -0.507 e. The largest absolute Gasteiger partial charge is 0.507 e. The minimum atomic E-state index is -0.277. The summed E-state index contributed by atoms with van der Waals surface area (Å²) >= 11 is 0. The Hall–Kier alpha value is -4.58. The number of phenols is 2. The molecule has 0 atom stereocenters. The maximum Gasteiger partial charge on any atom is 0.196 e. The number of ether oxygens (including phenoxy) is 2. The highest BCUT2D eigenvalue weighted by molar-refractivity contribution is 6.11. The molecule has 4 rings (SSSR count). The number of hydrogen-bond donors (Lipinski definition) is 2. The number of hydrogen-bond acceptors (Lipinski definition) is 6. The molecule has 0 radical (unpaired) electrons. The van der Waals surface area contributed by atoms with Crippen LogP contribution in [0.2, 0.25) is 0 Å². The predicted octanol–water partition coefficient (Wildman–Crippen LogP) is 5.17. The van der Waals surface area contributed by atoms with Crippen LogP contribution in [-0.4, -0.2) is 36.0 Å². The maximum absolute atomic E-state index is 12.8. The van der Waals surface area contributed by atoms with Crippen LogP contribution in [0.3, 0.4) is 0 Å². The zero-order valence-corrected chi connectivity index (χ0v) is 19.3. The summed E-state index contributed by atoms with van der Waals surface area (Å²) in [5, 5.41) is 20.3. The Balaban J connectivity index is 1.44. The molecule has 2 N–H and O–H groups in total. The van der Waals surface area contributed by atoms with Gasteiger partial charge in [-0.1, -0.05) is 48.5 Å². The van der Waals surface area contributed by atoms with E-state index in [1.54, 1.807) is 48.5 Å². The van der Waals surface area contributed by atoms with Gasteiger partial charge in [-0.05, 0) is 41.8 Å². The summed E-state index contributed by atoms with van der Waals surface area (Å²) in [6.07, 6.45) is 0.616. The molecular formula is C29H24O6. The first-order valence-electron chi connectivity index (χ1n) is 10.9. The van der Waals surface area contributed by atoms with Gasteiger partial charge in [0.2, 0.25) is 0 Å². The molecular weight excluding hydrogens is 444 g/mol. The second-order valence-corrected chi connectivity index (χ2v) is 8.00. The zero-order chi connectivity index (χ0) is 24.9. The van der Waals surface area contributed by atoms with E-state index in [1.165, 1.54) is 26.4 Å². The van der Waals surface area contributed by atoms with Crippen LogP contribution in [0.5, 0.6) is 23.0 Å². The van der Waals surface area contributed by atoms with Gasteiger partial charge in [0.05, 0.1) is 25.3 Å². The molecule has 0 amide bonds. The first kappa shape index (κ1) is 23.6. The Bertz CT molecular complexity index is 1260. The number of methoxy groups -OCH3 is 2. The van der Waals surface area contributed by atoms with E-state index in [4.69, 9.17) is 9.47 Å². The second-order valence-electron chi connectivity index (χ2n) is 8.00. The van der Waals surface area contributed by atoms with Gasteiger partial charge in [-0.15, -0.1) is 0 Å². The van der Waals surface area contributed by atoms with Crippen LogP contribution >= 0.6 is 0 Å². The molecule has 4 aromatic rings. The number of benzene rings is 4. The molecule has 0 fully saturated rings. The molecule has 6 nitrogen and oxygen atoms in total. The monoisotopic (exact) mass is 468 g/mol. The average molecular weight is 469 g/mol. The SMILES string of the molecule is COc1ccc(C(=O)c2ccc(Cc3ccc(C(=O)c4ccc(OC)cc4O)cc3)cc2)c(O)c1. The predicted molar refractivity (Wildman–Crippen MR) is 132 cm³/mol. The number of aromatic hydroxyl groups is 2. The molecule has 176 valence electrons. The lowest BCUT2D eigenvalue weighted by Crippen LogP contribution is -2.03. The number of carbonyl (C=O) groups excluding carboxylic acids is 2. The van der Waals surface area contributed by atoms with Crippen molar-refractivity contribution in [3.63, 3.8) is 0 Å². The Labute approximate surface area is 203 Å². The highest BCUT2D eigenvalue weighted by Gasteiger charge is 2.16. The van der Waals surface area contributed by atoms with Crippen LogP contribution in [0.25, 0.3) is 0 Å². The van der Waals surface area contributed by atoms with E-state index in [0.717, 1.165) is 11.1 Å². The number of phenolic OH excluding ortho intramolecular Hbond substituents is 2. The van der Waals surface area contributed by atoms with Crippen LogP contribution < -0.4 is 9.47 Å². The Morgan fingerprint density at radius 3 is 1.29 bits per heavy atom. The van der Waals surface area contributed by atoms with Crippen LogP contribution in [0.15, 0.2) is 84.9 Å². The van der Waals surface area contributed by atoms with Crippen molar-refractivity contribution < 1.29 is 29.3 Å². The fourth-order valence-corrected chi connectivity index (χ4v) is 3.76. The summed E-state index contributed by atoms with van der Waals surface area (Å²) in [6, 6.07) is 23.5. The van der Waals surface area contributed by atoms with E-state index >= 15 is 0 Å². The molecule has 0 aliphatic rings. The van der Waals surface area contributed by atoms with Gasteiger partial charge < -0.3 is 19.7 Å². The van der Waals surface area contributed by atoms with Crippen molar-refractivity contribution in [2.45, 2.75) is 6.42 Å². The Morgan fingerprint density at radius 2 is 0.971 bits per heavy atom. The molecule has 0 bridgehead atoms. The summed E-state index contributed by atoms with van der Waals surface area (Å²) in [6.45, 7) is 0. The third kappa shape index (κ3) is 5.17. The number of rotatable bonds is 8. The van der Waals surface area contributed by atoms with E-state index in [9.17, 15) is 19.8 Å². The van der Waals surface area contributed by atoms with E-state index in [1.807, 2.05) is 24.3 Å². The Morgan fingerprint density at radius 1 is 0.600 bits per heavy atom. The average Bonchev–Trinajstić information content (AvgIpc) is 2.88. The van der Waals surface area contributed by atoms with Gasteiger partial charge in [0.25, 0.3) is 0 Å². The number of ketones is 2. The van der Waals surface area contributed by atoms with Crippen molar-refractivity contribution >= 4 is 11.6 Å². The van der Waals surface area contributed by atoms with Crippen molar-refractivity contribution in [1.82, 2.24) is 0 Å². The summed E-state index contributed by atoms with van der Waals surface area (Å²) in [5.41, 5.74) is 3.34. The van der Waals surface area contributed by atoms with E-state index in [-0.39, 0.29) is 34.2 Å². The van der Waals surface area contributed by atoms with Gasteiger partial charge in [0.1, 0.15) is 23.0 Å². The molecule has 0 spiro atoms. The van der Waals surface area contributed by atoms with Gasteiger partial charge in [0.15, 0.2) is 11.6 Å². The first-order valence-corrected chi connectivity index (χ1v) is 10.9. The topological polar surface area (TPSA) is 93.1 Å². The van der Waals surface area contributed by atoms with Crippen molar-refractivity contribution in [2.75, 3.05) is 14.2 Å². The van der Waals surface area contributed by atoms with Gasteiger partial charge in [0, 0.05) is 23.3 Å². The van der Waals surface area contributed by atoms with Crippen LogP contribution in [0.4, 0.5) is 0 Å². The summed E-state index contributed by atoms with van der Waals surface area (Å²) in [5.74, 6) is 0.139. The highest BCUT2D eigenvalue weighted by Crippen LogP contribution is 2.27. The molecule has 35 heavy (non-hydrogen) atoms. The zero-order valence-electron chi connectivity index (χ0n) is 19.3. The highest BCUT2D eigenvalue weighted by atomic mass is 16.5. The van der Waals surface area contributed by atoms with Crippen LogP contribution in [0, 0.1) is 0 Å². The van der Waals surface area contributed by atoms with E-state index < -0.39 is 0 Å². The van der Waals surface area contributed by atoms with Crippen LogP contribution in [-0.2, 0) is 6.42 Å². The minimum absolute atomic E-state index is 0.129. The van der Waals surface area contributed by atoms with E-state index in [2.05, 4.69) is 0 Å². The van der Waals surface area contributed by atoms with Crippen LogP contribution in [0.1, 0.15) is 43.0 Å². The lowest BCUT2D eigenvalue weighted by molar-refractivity contribution is 0.102. The summed E-state index contributed by atoms with van der Waals surface area (Å²) in [7, 11) is 2.98. The lowest BCUT2D eigenvalue weighted by atomic mass is 9.97. The second kappa shape index (κ2) is 10.1. The standard InChI is InChI=1S/C29H24O6/c1-34-22-11-13-24(26(30)16-22)28(32)20-7-3-18(4-8-20)15-19-5-9-21(10-6-19)29(33)25-14-12-23(35-2)17-27(25)31/h3-14,16-17,30-31H,15H2,1-2H3. The quantitative estimate of drug-likeness (QED) is 0.347. The van der Waals surface area contributed by atoms with Gasteiger partial charge in [-0.25, -0.2) is 0 Å². The molecule has 0 aliphatic carbocycles. The van der Waals surface area contributed by atoms with Gasteiger partial charge in [-0.3, -0.25) is 9.59 Å². The molecule has 0 aliphatic heterocycles. The van der Waals surface area contributed by atoms with Crippen molar-refractivity contribution in [3.05, 3.63) is 118 Å². The normalized spacial score (nSPS) is 10.6. The van der Waals surface area contributed by atoms with Crippen molar-refractivity contribution in [3.8, 4) is 23.0 Å². The van der Waals surface area contributed by atoms with Gasteiger partial charge in [-0.2, -0.15) is 0 Å². The number of carbonyl (C=O) groups is 2. The first-order chi connectivity index (χ1) is 16.9. The third-order valence-corrected chi connectivity index (χ3v) is 5.74. The fraction of sp³-hybridized carbons (Fsp3) is 0.103. The molecule has 4 aromatic carbocycles. The van der Waals surface area contributed by atoms with E-state index in [0.29, 0.717) is 29.0 Å². The summed E-state index contributed by atoms with van der Waals surface area (Å²) < 4.78 is 10.1. The third-order valence-electron chi connectivity index (χ3n) is 5.74. The smallest absolute Gasteiger partial charge is 0.196 e. The summed E-state index contributed by atoms with van der Waals surface area (Å²) in [4.78, 5) is 25.5. The Kier molecular flexibility index (Phi) is 6.83. The van der Waals surface area contributed by atoms with Crippen molar-refractivity contribution in [2.24, 2.45) is 0 Å². The molecule has 0 unspecified atom stereocenters. The molecule has 0 heterocycles. The molecule has 0 aromatic heterocycles. The molecule has 6 heteroatoms. The lowest BCUT2D eigenvalue weighted by Gasteiger charge is -2.08.